The lowest BCUT2D eigenvalue weighted by atomic mass is 9.90. The van der Waals surface area contributed by atoms with E-state index in [4.69, 9.17) is 25.9 Å². The summed E-state index contributed by atoms with van der Waals surface area (Å²) in [5, 5.41) is 0. The van der Waals surface area contributed by atoms with Gasteiger partial charge < -0.3 is 14.3 Å². The Morgan fingerprint density at radius 1 is 1.40 bits per heavy atom. The molecule has 1 unspecified atom stereocenters. The van der Waals surface area contributed by atoms with Crippen molar-refractivity contribution in [3.8, 4) is 0 Å². The maximum atomic E-state index is 13.6. The fraction of sp³-hybridized carbons (Fsp3) is 0.800. The van der Waals surface area contributed by atoms with Crippen molar-refractivity contribution >= 4 is 25.2 Å². The zero-order chi connectivity index (χ0) is 12.6. The monoisotopic (exact) mass is 240 g/mol. The van der Waals surface area contributed by atoms with Gasteiger partial charge in [0.1, 0.15) is 13.6 Å². The number of carbonyl (C=O) groups is 2. The average Bonchev–Trinajstić information content (AvgIpc) is 2.47. The minimum Gasteiger partial charge on any atom is -0.355 e. The lowest BCUT2D eigenvalue weighted by molar-refractivity contribution is -0.0987. The van der Waals surface area contributed by atoms with Crippen LogP contribution in [0.5, 0.6) is 0 Å². The van der Waals surface area contributed by atoms with Gasteiger partial charge in [-0.15, -0.1) is 0 Å². The van der Waals surface area contributed by atoms with Crippen LogP contribution in [0.3, 0.4) is 0 Å². The second-order valence-corrected chi connectivity index (χ2v) is 3.74. The van der Waals surface area contributed by atoms with Crippen LogP contribution in [0.4, 0.5) is 4.39 Å². The quantitative estimate of drug-likeness (QED) is 0.661. The number of hydrogen-bond acceptors (Lipinski definition) is 3. The van der Waals surface area contributed by atoms with Crippen molar-refractivity contribution in [1.82, 2.24) is 0 Å². The Bertz CT molecular complexity index is 176. The van der Waals surface area contributed by atoms with Crippen LogP contribution >= 0.6 is 11.6 Å². The minimum atomic E-state index is -1.37. The largest absolute Gasteiger partial charge is 0.355 e. The Hall–Kier alpha value is -0.480. The number of ether oxygens (including phenoxy) is 1. The molecule has 1 saturated heterocycles. The molecule has 0 bridgehead atoms. The molecule has 1 fully saturated rings. The second-order valence-electron chi connectivity index (χ2n) is 3.34. The summed E-state index contributed by atoms with van der Waals surface area (Å²) >= 11 is 5.67. The number of alkyl halides is 2. The standard InChI is InChI=1S/C8H14ClFO.2CH2O/c1-4-6-5(2)8(3,10)7(9)11-6;2*1-2/h5-7H,4H2,1-3H3;2*1H2/t5-,6-,7?,8-;;/m1../s1. The molecule has 0 aliphatic carbocycles. The van der Waals surface area contributed by atoms with Crippen LogP contribution < -0.4 is 0 Å². The van der Waals surface area contributed by atoms with Gasteiger partial charge in [-0.3, -0.25) is 0 Å². The maximum absolute atomic E-state index is 13.6. The first-order valence-electron chi connectivity index (χ1n) is 4.56. The van der Waals surface area contributed by atoms with Crippen LogP contribution in [0.2, 0.25) is 0 Å². The van der Waals surface area contributed by atoms with Crippen LogP contribution in [0.15, 0.2) is 0 Å². The van der Waals surface area contributed by atoms with Crippen molar-refractivity contribution in [2.24, 2.45) is 5.92 Å². The Morgan fingerprint density at radius 3 is 1.93 bits per heavy atom. The highest BCUT2D eigenvalue weighted by molar-refractivity contribution is 6.20. The summed E-state index contributed by atoms with van der Waals surface area (Å²) in [5.74, 6) is -0.102. The average molecular weight is 241 g/mol. The van der Waals surface area contributed by atoms with E-state index in [-0.39, 0.29) is 12.0 Å². The van der Waals surface area contributed by atoms with Crippen molar-refractivity contribution in [3.63, 3.8) is 0 Å². The van der Waals surface area contributed by atoms with Gasteiger partial charge in [-0.05, 0) is 13.3 Å². The Balaban J connectivity index is 0. The van der Waals surface area contributed by atoms with Gasteiger partial charge in [0.2, 0.25) is 0 Å². The topological polar surface area (TPSA) is 43.4 Å². The molecule has 15 heavy (non-hydrogen) atoms. The highest BCUT2D eigenvalue weighted by Gasteiger charge is 2.50. The first-order valence-corrected chi connectivity index (χ1v) is 5.00. The minimum absolute atomic E-state index is 0.0208. The molecule has 0 N–H and O–H groups in total. The molecule has 0 spiro atoms. The highest BCUT2D eigenvalue weighted by Crippen LogP contribution is 2.41. The number of carbonyl (C=O) groups excluding carboxylic acids is 2. The van der Waals surface area contributed by atoms with Gasteiger partial charge >= 0.3 is 0 Å². The summed E-state index contributed by atoms with van der Waals surface area (Å²) in [7, 11) is 0. The van der Waals surface area contributed by atoms with E-state index >= 15 is 0 Å². The van der Waals surface area contributed by atoms with E-state index in [1.54, 1.807) is 0 Å². The van der Waals surface area contributed by atoms with Crippen molar-refractivity contribution < 1.29 is 18.7 Å². The Morgan fingerprint density at radius 2 is 1.80 bits per heavy atom. The smallest absolute Gasteiger partial charge is 0.165 e. The van der Waals surface area contributed by atoms with E-state index in [2.05, 4.69) is 0 Å². The Kier molecular flexibility index (Phi) is 8.77. The molecule has 0 radical (unpaired) electrons. The lowest BCUT2D eigenvalue weighted by Gasteiger charge is -2.20. The summed E-state index contributed by atoms with van der Waals surface area (Å²) in [5.41, 5.74) is -2.15. The highest BCUT2D eigenvalue weighted by atomic mass is 35.5. The van der Waals surface area contributed by atoms with Crippen LogP contribution in [-0.2, 0) is 14.3 Å². The van der Waals surface area contributed by atoms with Gasteiger partial charge in [0.25, 0.3) is 0 Å². The molecule has 5 heteroatoms. The van der Waals surface area contributed by atoms with Crippen LogP contribution in [-0.4, -0.2) is 30.9 Å². The van der Waals surface area contributed by atoms with E-state index in [1.165, 1.54) is 6.92 Å². The molecule has 4 atom stereocenters. The van der Waals surface area contributed by atoms with Gasteiger partial charge in [0.05, 0.1) is 6.10 Å². The fourth-order valence-electron chi connectivity index (χ4n) is 1.42. The van der Waals surface area contributed by atoms with E-state index < -0.39 is 11.2 Å². The Labute approximate surface area is 94.9 Å². The molecule has 1 aliphatic rings. The van der Waals surface area contributed by atoms with Crippen LogP contribution in [0.1, 0.15) is 27.2 Å². The SMILES string of the molecule is C=O.C=O.CC[C@H]1OC(Cl)[C@](C)(F)[C@@H]1C. The van der Waals surface area contributed by atoms with E-state index in [1.807, 2.05) is 27.4 Å². The molecule has 0 saturated carbocycles. The van der Waals surface area contributed by atoms with Gasteiger partial charge in [0, 0.05) is 5.92 Å². The fourth-order valence-corrected chi connectivity index (χ4v) is 1.76. The van der Waals surface area contributed by atoms with Crippen molar-refractivity contribution in [3.05, 3.63) is 0 Å². The number of rotatable bonds is 1. The molecule has 0 aromatic carbocycles. The first-order chi connectivity index (χ1) is 7.00. The third kappa shape index (κ3) is 3.87. The van der Waals surface area contributed by atoms with Crippen molar-refractivity contribution in [2.75, 3.05) is 0 Å². The predicted octanol–water partition coefficient (Wildman–Crippen LogP) is 2.35. The third-order valence-electron chi connectivity index (χ3n) is 2.59. The zero-order valence-corrected chi connectivity index (χ0v) is 10.1. The molecular weight excluding hydrogens is 223 g/mol. The first kappa shape index (κ1) is 16.9. The molecule has 3 nitrogen and oxygen atoms in total. The third-order valence-corrected chi connectivity index (χ3v) is 3.12. The van der Waals surface area contributed by atoms with Gasteiger partial charge in [0.15, 0.2) is 11.2 Å². The zero-order valence-electron chi connectivity index (χ0n) is 9.33. The van der Waals surface area contributed by atoms with Gasteiger partial charge in [-0.2, -0.15) is 0 Å². The summed E-state index contributed by atoms with van der Waals surface area (Å²) in [6.45, 7) is 9.33. The summed E-state index contributed by atoms with van der Waals surface area (Å²) < 4.78 is 18.8. The molecule has 1 aliphatic heterocycles. The molecule has 0 aromatic rings. The normalized spacial score (nSPS) is 38.3. The molecule has 90 valence electrons. The summed E-state index contributed by atoms with van der Waals surface area (Å²) in [4.78, 5) is 16.0. The molecule has 1 rings (SSSR count). The maximum Gasteiger partial charge on any atom is 0.165 e. The predicted molar refractivity (Wildman–Crippen MR) is 57.7 cm³/mol. The number of halogens is 2. The van der Waals surface area contributed by atoms with Crippen LogP contribution in [0.25, 0.3) is 0 Å². The van der Waals surface area contributed by atoms with Crippen molar-refractivity contribution in [2.45, 2.75) is 44.5 Å². The molecule has 1 heterocycles. The van der Waals surface area contributed by atoms with E-state index in [0.717, 1.165) is 6.42 Å². The molecule has 0 amide bonds. The summed E-state index contributed by atoms with van der Waals surface area (Å²) in [6.07, 6.45) is 0.802. The lowest BCUT2D eigenvalue weighted by Crippen LogP contribution is -2.32. The van der Waals surface area contributed by atoms with Gasteiger partial charge in [-0.25, -0.2) is 4.39 Å². The van der Waals surface area contributed by atoms with E-state index in [9.17, 15) is 4.39 Å². The number of hydrogen-bond donors (Lipinski definition) is 0. The summed E-state index contributed by atoms with van der Waals surface area (Å²) in [6, 6.07) is 0. The van der Waals surface area contributed by atoms with E-state index in [0.29, 0.717) is 0 Å². The second kappa shape index (κ2) is 7.77. The van der Waals surface area contributed by atoms with Crippen LogP contribution in [0, 0.1) is 5.92 Å². The molecule has 0 aromatic heterocycles. The molecular formula is C10H18ClFO3. The van der Waals surface area contributed by atoms with Gasteiger partial charge in [-0.1, -0.05) is 25.4 Å². The van der Waals surface area contributed by atoms with Crippen molar-refractivity contribution in [1.29, 1.82) is 0 Å².